The van der Waals surface area contributed by atoms with E-state index in [0.29, 0.717) is 9.21 Å². The number of ketones is 1. The van der Waals surface area contributed by atoms with Crippen LogP contribution in [0.15, 0.2) is 36.4 Å². The first-order chi connectivity index (χ1) is 8.56. The molecular weight excluding hydrogens is 278 g/mol. The lowest BCUT2D eigenvalue weighted by molar-refractivity contribution is 0.105. The molecule has 0 bridgehead atoms. The molecule has 0 saturated carbocycles. The summed E-state index contributed by atoms with van der Waals surface area (Å²) in [6.45, 7) is 0. The second kappa shape index (κ2) is 5.42. The molecule has 2 aromatic rings. The zero-order valence-corrected chi connectivity index (χ0v) is 10.6. The van der Waals surface area contributed by atoms with Gasteiger partial charge in [-0.05, 0) is 36.4 Å². The fraction of sp³-hybridized carbons (Fsp3) is 0. The van der Waals surface area contributed by atoms with Crippen molar-refractivity contribution in [2.45, 2.75) is 0 Å². The Hall–Kier alpha value is -1.52. The molecule has 0 aliphatic carbocycles. The molecule has 18 heavy (non-hydrogen) atoms. The molecule has 0 saturated heterocycles. The van der Waals surface area contributed by atoms with E-state index in [9.17, 15) is 13.6 Å². The molecular formula is C13H7ClF2OS. The maximum absolute atomic E-state index is 13.3. The zero-order valence-electron chi connectivity index (χ0n) is 8.99. The Kier molecular flexibility index (Phi) is 3.89. The normalized spacial score (nSPS) is 11.1. The molecule has 0 aliphatic rings. The van der Waals surface area contributed by atoms with Crippen LogP contribution in [0.2, 0.25) is 4.34 Å². The van der Waals surface area contributed by atoms with E-state index in [2.05, 4.69) is 0 Å². The number of thiophene rings is 1. The third-order valence-corrected chi connectivity index (χ3v) is 3.44. The van der Waals surface area contributed by atoms with Gasteiger partial charge >= 0.3 is 0 Å². The monoisotopic (exact) mass is 284 g/mol. The number of carbonyl (C=O) groups is 1. The summed E-state index contributed by atoms with van der Waals surface area (Å²) in [5, 5.41) is 0. The summed E-state index contributed by atoms with van der Waals surface area (Å²) in [5.74, 6) is -1.63. The first kappa shape index (κ1) is 12.9. The smallest absolute Gasteiger partial charge is 0.195 e. The molecule has 1 nitrogen and oxygen atoms in total. The maximum Gasteiger partial charge on any atom is 0.195 e. The Labute approximate surface area is 111 Å². The van der Waals surface area contributed by atoms with Gasteiger partial charge in [-0.2, -0.15) is 0 Å². The fourth-order valence-corrected chi connectivity index (χ4v) is 2.29. The van der Waals surface area contributed by atoms with Crippen LogP contribution in [0.25, 0.3) is 6.08 Å². The summed E-state index contributed by atoms with van der Waals surface area (Å²) in [7, 11) is 0. The summed E-state index contributed by atoms with van der Waals surface area (Å²) < 4.78 is 26.5. The highest BCUT2D eigenvalue weighted by atomic mass is 35.5. The molecule has 1 aromatic carbocycles. The van der Waals surface area contributed by atoms with Crippen LogP contribution in [0.4, 0.5) is 8.78 Å². The van der Waals surface area contributed by atoms with Gasteiger partial charge in [0, 0.05) is 11.6 Å². The number of benzene rings is 1. The average Bonchev–Trinajstić information content (AvgIpc) is 2.74. The van der Waals surface area contributed by atoms with Gasteiger partial charge in [-0.3, -0.25) is 4.79 Å². The van der Waals surface area contributed by atoms with Crippen molar-refractivity contribution in [1.82, 2.24) is 0 Å². The van der Waals surface area contributed by atoms with E-state index in [1.807, 2.05) is 0 Å². The highest BCUT2D eigenvalue weighted by Gasteiger charge is 2.06. The van der Waals surface area contributed by atoms with E-state index in [1.165, 1.54) is 18.2 Å². The highest BCUT2D eigenvalue weighted by molar-refractivity contribution is 7.18. The standard InChI is InChI=1S/C13H7ClF2OS/c14-13-6-5-12(18-13)11(17)4-2-8-1-3-9(15)7-10(8)16/h1-7H/b4-2+. The summed E-state index contributed by atoms with van der Waals surface area (Å²) in [6.07, 6.45) is 2.54. The number of hydrogen-bond acceptors (Lipinski definition) is 2. The van der Waals surface area contributed by atoms with E-state index in [0.717, 1.165) is 23.5 Å². The van der Waals surface area contributed by atoms with Gasteiger partial charge in [0.2, 0.25) is 0 Å². The molecule has 0 N–H and O–H groups in total. The topological polar surface area (TPSA) is 17.1 Å². The molecule has 0 spiro atoms. The van der Waals surface area contributed by atoms with Gasteiger partial charge in [0.25, 0.3) is 0 Å². The van der Waals surface area contributed by atoms with Crippen LogP contribution in [0, 0.1) is 11.6 Å². The van der Waals surface area contributed by atoms with Crippen molar-refractivity contribution in [3.05, 3.63) is 62.8 Å². The van der Waals surface area contributed by atoms with Crippen molar-refractivity contribution in [1.29, 1.82) is 0 Å². The average molecular weight is 285 g/mol. The molecule has 0 atom stereocenters. The summed E-state index contributed by atoms with van der Waals surface area (Å²) >= 11 is 6.85. The SMILES string of the molecule is O=C(/C=C/c1ccc(F)cc1F)c1ccc(Cl)s1. The number of hydrogen-bond donors (Lipinski definition) is 0. The van der Waals surface area contributed by atoms with Gasteiger partial charge < -0.3 is 0 Å². The van der Waals surface area contributed by atoms with E-state index in [-0.39, 0.29) is 11.3 Å². The molecule has 0 aliphatic heterocycles. The summed E-state index contributed by atoms with van der Waals surface area (Å²) in [4.78, 5) is 12.1. The van der Waals surface area contributed by atoms with E-state index >= 15 is 0 Å². The van der Waals surface area contributed by atoms with Crippen LogP contribution in [-0.2, 0) is 0 Å². The predicted octanol–water partition coefficient (Wildman–Crippen LogP) is 4.58. The fourth-order valence-electron chi connectivity index (χ4n) is 1.33. The highest BCUT2D eigenvalue weighted by Crippen LogP contribution is 2.22. The van der Waals surface area contributed by atoms with Crippen LogP contribution in [0.5, 0.6) is 0 Å². The Bertz CT molecular complexity index is 619. The Balaban J connectivity index is 2.18. The Morgan fingerprint density at radius 1 is 1.22 bits per heavy atom. The van der Waals surface area contributed by atoms with Gasteiger partial charge in [0.1, 0.15) is 11.6 Å². The van der Waals surface area contributed by atoms with Crippen LogP contribution in [-0.4, -0.2) is 5.78 Å². The van der Waals surface area contributed by atoms with E-state index < -0.39 is 11.6 Å². The maximum atomic E-state index is 13.3. The van der Waals surface area contributed by atoms with Crippen LogP contribution >= 0.6 is 22.9 Å². The molecule has 1 aromatic heterocycles. The van der Waals surface area contributed by atoms with Gasteiger partial charge in [0.05, 0.1) is 9.21 Å². The molecule has 2 rings (SSSR count). The molecule has 5 heteroatoms. The molecule has 92 valence electrons. The van der Waals surface area contributed by atoms with Crippen molar-refractivity contribution in [3.63, 3.8) is 0 Å². The lowest BCUT2D eigenvalue weighted by Gasteiger charge is -1.96. The van der Waals surface area contributed by atoms with Gasteiger partial charge in [-0.25, -0.2) is 8.78 Å². The van der Waals surface area contributed by atoms with Gasteiger partial charge in [-0.1, -0.05) is 11.6 Å². The molecule has 1 heterocycles. The summed E-state index contributed by atoms with van der Waals surface area (Å²) in [5.41, 5.74) is 0.160. The number of rotatable bonds is 3. The van der Waals surface area contributed by atoms with Crippen molar-refractivity contribution >= 4 is 34.8 Å². The number of halogens is 3. The first-order valence-electron chi connectivity index (χ1n) is 4.99. The van der Waals surface area contributed by atoms with Crippen molar-refractivity contribution < 1.29 is 13.6 Å². The Morgan fingerprint density at radius 2 is 2.00 bits per heavy atom. The third kappa shape index (κ3) is 3.03. The predicted molar refractivity (Wildman–Crippen MR) is 69.1 cm³/mol. The quantitative estimate of drug-likeness (QED) is 0.596. The Morgan fingerprint density at radius 3 is 2.61 bits per heavy atom. The minimum Gasteiger partial charge on any atom is -0.288 e. The lowest BCUT2D eigenvalue weighted by atomic mass is 10.1. The van der Waals surface area contributed by atoms with Crippen LogP contribution in [0.3, 0.4) is 0 Å². The third-order valence-electron chi connectivity index (χ3n) is 2.19. The minimum absolute atomic E-state index is 0.160. The number of allylic oxidation sites excluding steroid dienone is 1. The molecule has 0 unspecified atom stereocenters. The van der Waals surface area contributed by atoms with Crippen molar-refractivity contribution in [2.24, 2.45) is 0 Å². The second-order valence-corrected chi connectivity index (χ2v) is 5.18. The van der Waals surface area contributed by atoms with Crippen LogP contribution in [0.1, 0.15) is 15.2 Å². The van der Waals surface area contributed by atoms with Crippen molar-refractivity contribution in [2.75, 3.05) is 0 Å². The first-order valence-corrected chi connectivity index (χ1v) is 6.18. The minimum atomic E-state index is -0.705. The largest absolute Gasteiger partial charge is 0.288 e. The molecule has 0 radical (unpaired) electrons. The van der Waals surface area contributed by atoms with Crippen LogP contribution < -0.4 is 0 Å². The summed E-state index contributed by atoms with van der Waals surface area (Å²) in [6, 6.07) is 6.39. The zero-order chi connectivity index (χ0) is 13.1. The van der Waals surface area contributed by atoms with E-state index in [1.54, 1.807) is 12.1 Å². The van der Waals surface area contributed by atoms with Crippen molar-refractivity contribution in [3.8, 4) is 0 Å². The molecule has 0 fully saturated rings. The second-order valence-electron chi connectivity index (χ2n) is 3.47. The number of carbonyl (C=O) groups excluding carboxylic acids is 1. The lowest BCUT2D eigenvalue weighted by Crippen LogP contribution is -1.90. The van der Waals surface area contributed by atoms with Gasteiger partial charge in [0.15, 0.2) is 5.78 Å². The van der Waals surface area contributed by atoms with E-state index in [4.69, 9.17) is 11.6 Å². The molecule has 0 amide bonds. The van der Waals surface area contributed by atoms with Gasteiger partial charge in [-0.15, -0.1) is 11.3 Å².